The van der Waals surface area contributed by atoms with Crippen molar-refractivity contribution in [3.05, 3.63) is 36.4 Å². The molecular weight excluding hydrogens is 450 g/mol. The molecule has 4 rings (SSSR count). The number of nitrogens with two attached hydrogens (primary N) is 1. The number of nitrogens with zero attached hydrogens (tertiary/aromatic N) is 4. The molecule has 2 heterocycles. The number of hydrogen-bond acceptors (Lipinski definition) is 9. The van der Waals surface area contributed by atoms with E-state index in [9.17, 15) is 4.79 Å². The van der Waals surface area contributed by atoms with E-state index in [-0.39, 0.29) is 18.4 Å². The molecule has 2 aromatic carbocycles. The molecular formula is C25H31N5O5. The van der Waals surface area contributed by atoms with Crippen molar-refractivity contribution in [1.82, 2.24) is 14.9 Å². The lowest BCUT2D eigenvalue weighted by atomic mass is 10.1. The van der Waals surface area contributed by atoms with E-state index in [1.165, 1.54) is 0 Å². The number of carbonyl (C=O) groups excluding carboxylic acids is 1. The van der Waals surface area contributed by atoms with Gasteiger partial charge in [0.15, 0.2) is 23.0 Å². The Kier molecular flexibility index (Phi) is 7.28. The van der Waals surface area contributed by atoms with Crippen molar-refractivity contribution in [2.45, 2.75) is 6.92 Å². The quantitative estimate of drug-likeness (QED) is 0.519. The first-order valence-electron chi connectivity index (χ1n) is 11.4. The van der Waals surface area contributed by atoms with Gasteiger partial charge < -0.3 is 34.5 Å². The standard InChI is InChI=1S/C25H31N5O5/c1-16(15-35-20-8-6-5-7-19(20)32-2)24(31)29-9-11-30(12-10-29)25-27-18-14-22(34-4)21(33-3)13-17(18)23(26)28-25/h5-8,13-14,16H,9-12,15H2,1-4H3,(H2,26,27,28). The minimum Gasteiger partial charge on any atom is -0.493 e. The first-order valence-corrected chi connectivity index (χ1v) is 11.4. The van der Waals surface area contributed by atoms with Crippen LogP contribution in [0.1, 0.15) is 6.92 Å². The Balaban J connectivity index is 1.39. The zero-order valence-corrected chi connectivity index (χ0v) is 20.5. The number of ether oxygens (including phenoxy) is 4. The van der Waals surface area contributed by atoms with E-state index in [1.54, 1.807) is 33.5 Å². The average Bonchev–Trinajstić information content (AvgIpc) is 2.90. The van der Waals surface area contributed by atoms with Crippen molar-refractivity contribution in [2.24, 2.45) is 5.92 Å². The molecule has 0 bridgehead atoms. The van der Waals surface area contributed by atoms with Crippen molar-refractivity contribution in [1.29, 1.82) is 0 Å². The van der Waals surface area contributed by atoms with Crippen molar-refractivity contribution in [2.75, 3.05) is 64.7 Å². The van der Waals surface area contributed by atoms with Gasteiger partial charge in [0.05, 0.1) is 39.4 Å². The highest BCUT2D eigenvalue weighted by molar-refractivity contribution is 5.91. The summed E-state index contributed by atoms with van der Waals surface area (Å²) in [5, 5.41) is 0.698. The van der Waals surface area contributed by atoms with E-state index >= 15 is 0 Å². The number of amides is 1. The largest absolute Gasteiger partial charge is 0.493 e. The lowest BCUT2D eigenvalue weighted by Gasteiger charge is -2.36. The van der Waals surface area contributed by atoms with Crippen LogP contribution >= 0.6 is 0 Å². The van der Waals surface area contributed by atoms with Crippen LogP contribution in [0.4, 0.5) is 11.8 Å². The van der Waals surface area contributed by atoms with Crippen LogP contribution < -0.4 is 29.6 Å². The molecule has 1 amide bonds. The second kappa shape index (κ2) is 10.5. The fourth-order valence-corrected chi connectivity index (χ4v) is 4.07. The summed E-state index contributed by atoms with van der Waals surface area (Å²) >= 11 is 0. The molecule has 35 heavy (non-hydrogen) atoms. The number of rotatable bonds is 8. The van der Waals surface area contributed by atoms with E-state index in [0.717, 1.165) is 0 Å². The normalized spacial score (nSPS) is 14.5. The molecule has 186 valence electrons. The third kappa shape index (κ3) is 5.11. The van der Waals surface area contributed by atoms with Crippen LogP contribution in [0.25, 0.3) is 10.9 Å². The molecule has 10 nitrogen and oxygen atoms in total. The lowest BCUT2D eigenvalue weighted by molar-refractivity contribution is -0.136. The van der Waals surface area contributed by atoms with E-state index < -0.39 is 0 Å². The molecule has 10 heteroatoms. The molecule has 1 atom stereocenters. The highest BCUT2D eigenvalue weighted by Crippen LogP contribution is 2.34. The van der Waals surface area contributed by atoms with E-state index in [4.69, 9.17) is 29.7 Å². The zero-order chi connectivity index (χ0) is 24.9. The van der Waals surface area contributed by atoms with E-state index in [0.29, 0.717) is 71.8 Å². The van der Waals surface area contributed by atoms with Gasteiger partial charge in [0.2, 0.25) is 11.9 Å². The molecule has 1 aliphatic rings. The maximum absolute atomic E-state index is 13.0. The molecule has 0 radical (unpaired) electrons. The zero-order valence-electron chi connectivity index (χ0n) is 20.5. The van der Waals surface area contributed by atoms with Crippen LogP contribution in [-0.2, 0) is 4.79 Å². The number of hydrogen-bond donors (Lipinski definition) is 1. The van der Waals surface area contributed by atoms with Crippen LogP contribution in [0.5, 0.6) is 23.0 Å². The van der Waals surface area contributed by atoms with Crippen LogP contribution in [0.15, 0.2) is 36.4 Å². The second-order valence-corrected chi connectivity index (χ2v) is 8.31. The Labute approximate surface area is 204 Å². The molecule has 1 fully saturated rings. The van der Waals surface area contributed by atoms with Gasteiger partial charge in [0.1, 0.15) is 5.82 Å². The Hall–Kier alpha value is -3.95. The van der Waals surface area contributed by atoms with Crippen LogP contribution in [-0.4, -0.2) is 74.9 Å². The first kappa shape index (κ1) is 24.2. The van der Waals surface area contributed by atoms with Gasteiger partial charge in [-0.25, -0.2) is 4.98 Å². The lowest BCUT2D eigenvalue weighted by Crippen LogP contribution is -2.51. The van der Waals surface area contributed by atoms with Crippen molar-refractivity contribution in [3.63, 3.8) is 0 Å². The van der Waals surface area contributed by atoms with Crippen LogP contribution in [0.3, 0.4) is 0 Å². The number of anilines is 2. The minimum atomic E-state index is -0.290. The maximum atomic E-state index is 13.0. The SMILES string of the molecule is COc1cc2nc(N3CCN(C(=O)C(C)COc4ccccc4OC)CC3)nc(N)c2cc1OC. The van der Waals surface area contributed by atoms with E-state index in [1.807, 2.05) is 41.0 Å². The smallest absolute Gasteiger partial charge is 0.228 e. The Morgan fingerprint density at radius 1 is 0.943 bits per heavy atom. The number of aromatic nitrogens is 2. The maximum Gasteiger partial charge on any atom is 0.228 e. The van der Waals surface area contributed by atoms with Gasteiger partial charge in [-0.3, -0.25) is 4.79 Å². The Bertz CT molecular complexity index is 1200. The molecule has 1 saturated heterocycles. The monoisotopic (exact) mass is 481 g/mol. The van der Waals surface area contributed by atoms with E-state index in [2.05, 4.69) is 4.98 Å². The van der Waals surface area contributed by atoms with Gasteiger partial charge in [0.25, 0.3) is 0 Å². The van der Waals surface area contributed by atoms with Gasteiger partial charge in [-0.05, 0) is 18.2 Å². The summed E-state index contributed by atoms with van der Waals surface area (Å²) in [5.41, 5.74) is 6.91. The van der Waals surface area contributed by atoms with Gasteiger partial charge in [-0.1, -0.05) is 19.1 Å². The summed E-state index contributed by atoms with van der Waals surface area (Å²) < 4.78 is 21.9. The minimum absolute atomic E-state index is 0.0512. The summed E-state index contributed by atoms with van der Waals surface area (Å²) in [6.45, 7) is 4.47. The molecule has 3 aromatic rings. The third-order valence-electron chi connectivity index (χ3n) is 6.07. The highest BCUT2D eigenvalue weighted by atomic mass is 16.5. The van der Waals surface area contributed by atoms with Crippen LogP contribution in [0, 0.1) is 5.92 Å². The molecule has 0 aliphatic carbocycles. The number of benzene rings is 2. The molecule has 2 N–H and O–H groups in total. The average molecular weight is 482 g/mol. The molecule has 1 aliphatic heterocycles. The first-order chi connectivity index (χ1) is 16.9. The Morgan fingerprint density at radius 3 is 2.23 bits per heavy atom. The summed E-state index contributed by atoms with van der Waals surface area (Å²) in [5.74, 6) is 3.07. The van der Waals surface area contributed by atoms with Crippen molar-refractivity contribution >= 4 is 28.6 Å². The molecule has 1 unspecified atom stereocenters. The molecule has 1 aromatic heterocycles. The predicted molar refractivity (Wildman–Crippen MR) is 134 cm³/mol. The summed E-state index contributed by atoms with van der Waals surface area (Å²) in [6, 6.07) is 11.0. The number of carbonyl (C=O) groups is 1. The number of fused-ring (bicyclic) bond motifs is 1. The summed E-state index contributed by atoms with van der Waals surface area (Å²) in [7, 11) is 4.74. The highest BCUT2D eigenvalue weighted by Gasteiger charge is 2.27. The fourth-order valence-electron chi connectivity index (χ4n) is 4.07. The molecule has 0 spiro atoms. The summed E-state index contributed by atoms with van der Waals surface area (Å²) in [4.78, 5) is 26.1. The predicted octanol–water partition coefficient (Wildman–Crippen LogP) is 2.60. The fraction of sp³-hybridized carbons (Fsp3) is 0.400. The number of piperazine rings is 1. The van der Waals surface area contributed by atoms with Gasteiger partial charge in [-0.15, -0.1) is 0 Å². The van der Waals surface area contributed by atoms with Crippen molar-refractivity contribution < 1.29 is 23.7 Å². The summed E-state index contributed by atoms with van der Waals surface area (Å²) in [6.07, 6.45) is 0. The number of nitrogen functional groups attached to an aromatic ring is 1. The third-order valence-corrected chi connectivity index (χ3v) is 6.07. The second-order valence-electron chi connectivity index (χ2n) is 8.31. The van der Waals surface area contributed by atoms with Gasteiger partial charge in [-0.2, -0.15) is 4.98 Å². The number of methoxy groups -OCH3 is 3. The Morgan fingerprint density at radius 2 is 1.57 bits per heavy atom. The number of para-hydroxylation sites is 2. The van der Waals surface area contributed by atoms with Gasteiger partial charge in [0, 0.05) is 37.6 Å². The van der Waals surface area contributed by atoms with Crippen LogP contribution in [0.2, 0.25) is 0 Å². The topological polar surface area (TPSA) is 112 Å². The molecule has 0 saturated carbocycles. The van der Waals surface area contributed by atoms with Gasteiger partial charge >= 0.3 is 0 Å². The van der Waals surface area contributed by atoms with Crippen molar-refractivity contribution in [3.8, 4) is 23.0 Å².